The number of nitrogens with two attached hydrogens (primary N) is 1. The molecule has 0 bridgehead atoms. The minimum absolute atomic E-state index is 0.753. The predicted octanol–water partition coefficient (Wildman–Crippen LogP) is 2.98. The summed E-state index contributed by atoms with van der Waals surface area (Å²) in [6.07, 6.45) is 0.920. The van der Waals surface area contributed by atoms with Gasteiger partial charge >= 0.3 is 0 Å². The van der Waals surface area contributed by atoms with Crippen LogP contribution in [0.5, 0.6) is 0 Å². The van der Waals surface area contributed by atoms with Crippen molar-refractivity contribution in [1.29, 1.82) is 0 Å². The van der Waals surface area contributed by atoms with Crippen LogP contribution in [0.1, 0.15) is 12.6 Å². The molecule has 0 aliphatic heterocycles. The van der Waals surface area contributed by atoms with Crippen molar-refractivity contribution in [2.45, 2.75) is 13.3 Å². The molecule has 3 heteroatoms. The smallest absolute Gasteiger partial charge is 0.0714 e. The van der Waals surface area contributed by atoms with E-state index in [9.17, 15) is 0 Å². The van der Waals surface area contributed by atoms with E-state index in [2.05, 4.69) is 11.5 Å². The third kappa shape index (κ3) is 1.11. The Morgan fingerprint density at radius 1 is 1.43 bits per heavy atom. The van der Waals surface area contributed by atoms with Gasteiger partial charge in [-0.15, -0.1) is 0 Å². The zero-order valence-corrected chi connectivity index (χ0v) is 9.10. The molecule has 0 unspecified atom stereocenters. The van der Waals surface area contributed by atoms with Crippen LogP contribution >= 0.6 is 11.6 Å². The van der Waals surface area contributed by atoms with Gasteiger partial charge < -0.3 is 10.3 Å². The highest BCUT2D eigenvalue weighted by atomic mass is 35.5. The van der Waals surface area contributed by atoms with Gasteiger partial charge in [-0.05, 0) is 18.6 Å². The largest absolute Gasteiger partial charge is 0.398 e. The van der Waals surface area contributed by atoms with Crippen LogP contribution in [-0.4, -0.2) is 4.57 Å². The standard InChI is InChI=1S/C11H13ClN2/c1-3-8-11(12)10-7(13)5-4-6-9(10)14(8)2/h4-6H,3,13H2,1-2H3. The second-order valence-corrected chi connectivity index (χ2v) is 3.79. The summed E-state index contributed by atoms with van der Waals surface area (Å²) in [7, 11) is 2.02. The third-order valence-electron chi connectivity index (χ3n) is 2.65. The van der Waals surface area contributed by atoms with Crippen molar-refractivity contribution in [2.24, 2.45) is 7.05 Å². The number of hydrogen-bond donors (Lipinski definition) is 1. The SMILES string of the molecule is CCc1c(Cl)c2c(N)cccc2n1C. The van der Waals surface area contributed by atoms with E-state index in [1.54, 1.807) is 0 Å². The Bertz CT molecular complexity index is 485. The zero-order chi connectivity index (χ0) is 10.3. The third-order valence-corrected chi connectivity index (χ3v) is 3.06. The molecular formula is C11H13ClN2. The van der Waals surface area contributed by atoms with Gasteiger partial charge in [0.25, 0.3) is 0 Å². The quantitative estimate of drug-likeness (QED) is 0.718. The summed E-state index contributed by atoms with van der Waals surface area (Å²) in [4.78, 5) is 0. The number of fused-ring (bicyclic) bond motifs is 1. The monoisotopic (exact) mass is 208 g/mol. The fourth-order valence-corrected chi connectivity index (χ4v) is 2.37. The molecule has 2 nitrogen and oxygen atoms in total. The molecule has 0 radical (unpaired) electrons. The molecule has 14 heavy (non-hydrogen) atoms. The van der Waals surface area contributed by atoms with Crippen molar-refractivity contribution in [3.8, 4) is 0 Å². The number of anilines is 1. The molecule has 0 amide bonds. The van der Waals surface area contributed by atoms with Crippen molar-refractivity contribution in [1.82, 2.24) is 4.57 Å². The number of aromatic nitrogens is 1. The van der Waals surface area contributed by atoms with Crippen LogP contribution in [0.3, 0.4) is 0 Å². The first-order valence-electron chi connectivity index (χ1n) is 4.68. The predicted molar refractivity (Wildman–Crippen MR) is 61.7 cm³/mol. The van der Waals surface area contributed by atoms with E-state index in [4.69, 9.17) is 17.3 Å². The molecule has 0 aliphatic carbocycles. The van der Waals surface area contributed by atoms with Gasteiger partial charge in [-0.25, -0.2) is 0 Å². The Balaban J connectivity index is 2.94. The molecule has 2 aromatic rings. The van der Waals surface area contributed by atoms with E-state index in [0.29, 0.717) is 0 Å². The Morgan fingerprint density at radius 2 is 2.14 bits per heavy atom. The minimum Gasteiger partial charge on any atom is -0.398 e. The number of aryl methyl sites for hydroxylation is 1. The van der Waals surface area contributed by atoms with Crippen LogP contribution in [0, 0.1) is 0 Å². The van der Waals surface area contributed by atoms with Gasteiger partial charge in [0.1, 0.15) is 0 Å². The molecule has 0 aliphatic rings. The maximum absolute atomic E-state index is 6.27. The fraction of sp³-hybridized carbons (Fsp3) is 0.273. The zero-order valence-electron chi connectivity index (χ0n) is 8.34. The molecule has 0 fully saturated rings. The molecule has 0 atom stereocenters. The van der Waals surface area contributed by atoms with Crippen molar-refractivity contribution >= 4 is 28.2 Å². The van der Waals surface area contributed by atoms with Gasteiger partial charge in [0.05, 0.1) is 10.5 Å². The average Bonchev–Trinajstić information content (AvgIpc) is 2.41. The van der Waals surface area contributed by atoms with Crippen LogP contribution in [0.4, 0.5) is 5.69 Å². The first-order chi connectivity index (χ1) is 6.66. The molecular weight excluding hydrogens is 196 g/mol. The Morgan fingerprint density at radius 3 is 2.71 bits per heavy atom. The number of nitrogens with zero attached hydrogens (tertiary/aromatic N) is 1. The lowest BCUT2D eigenvalue weighted by molar-refractivity contribution is 0.866. The summed E-state index contributed by atoms with van der Waals surface area (Å²) in [5, 5.41) is 1.77. The van der Waals surface area contributed by atoms with Gasteiger partial charge in [0.2, 0.25) is 0 Å². The normalized spacial score (nSPS) is 11.1. The maximum atomic E-state index is 6.27. The van der Waals surface area contributed by atoms with E-state index in [1.165, 1.54) is 0 Å². The van der Waals surface area contributed by atoms with Crippen LogP contribution in [0.25, 0.3) is 10.9 Å². The average molecular weight is 209 g/mol. The topological polar surface area (TPSA) is 30.9 Å². The molecule has 1 aromatic heterocycles. The van der Waals surface area contributed by atoms with E-state index < -0.39 is 0 Å². The summed E-state index contributed by atoms with van der Waals surface area (Å²) in [5.74, 6) is 0. The lowest BCUT2D eigenvalue weighted by atomic mass is 10.2. The van der Waals surface area contributed by atoms with Crippen molar-refractivity contribution < 1.29 is 0 Å². The van der Waals surface area contributed by atoms with E-state index in [-0.39, 0.29) is 0 Å². The molecule has 2 rings (SSSR count). The van der Waals surface area contributed by atoms with Gasteiger partial charge in [-0.3, -0.25) is 0 Å². The summed E-state index contributed by atoms with van der Waals surface area (Å²) in [5.41, 5.74) is 8.89. The summed E-state index contributed by atoms with van der Waals surface area (Å²) >= 11 is 6.27. The number of benzene rings is 1. The van der Waals surface area contributed by atoms with E-state index in [0.717, 1.165) is 33.7 Å². The molecule has 0 spiro atoms. The Kier molecular flexibility index (Phi) is 2.16. The lowest BCUT2D eigenvalue weighted by Gasteiger charge is -2.00. The van der Waals surface area contributed by atoms with Crippen molar-refractivity contribution in [3.05, 3.63) is 28.9 Å². The molecule has 1 heterocycles. The van der Waals surface area contributed by atoms with E-state index in [1.807, 2.05) is 25.2 Å². The van der Waals surface area contributed by atoms with Crippen LogP contribution < -0.4 is 5.73 Å². The first-order valence-corrected chi connectivity index (χ1v) is 5.05. The number of halogens is 1. The van der Waals surface area contributed by atoms with E-state index >= 15 is 0 Å². The van der Waals surface area contributed by atoms with Crippen LogP contribution in [-0.2, 0) is 13.5 Å². The number of rotatable bonds is 1. The number of hydrogen-bond acceptors (Lipinski definition) is 1. The fourth-order valence-electron chi connectivity index (χ4n) is 1.91. The van der Waals surface area contributed by atoms with Gasteiger partial charge in [-0.1, -0.05) is 24.6 Å². The first kappa shape index (κ1) is 9.41. The van der Waals surface area contributed by atoms with Gasteiger partial charge in [0.15, 0.2) is 0 Å². The molecule has 0 saturated carbocycles. The minimum atomic E-state index is 0.753. The van der Waals surface area contributed by atoms with Crippen molar-refractivity contribution in [2.75, 3.05) is 5.73 Å². The Labute approximate surface area is 88.3 Å². The summed E-state index contributed by atoms with van der Waals surface area (Å²) in [6, 6.07) is 5.87. The Hall–Kier alpha value is -1.15. The highest BCUT2D eigenvalue weighted by Crippen LogP contribution is 2.33. The van der Waals surface area contributed by atoms with Gasteiger partial charge in [0, 0.05) is 23.8 Å². The number of nitrogen functional groups attached to an aromatic ring is 1. The highest BCUT2D eigenvalue weighted by Gasteiger charge is 2.13. The van der Waals surface area contributed by atoms with Crippen LogP contribution in [0.15, 0.2) is 18.2 Å². The molecule has 0 saturated heterocycles. The highest BCUT2D eigenvalue weighted by molar-refractivity contribution is 6.37. The van der Waals surface area contributed by atoms with Crippen LogP contribution in [0.2, 0.25) is 5.02 Å². The summed E-state index contributed by atoms with van der Waals surface area (Å²) in [6.45, 7) is 2.09. The molecule has 74 valence electrons. The summed E-state index contributed by atoms with van der Waals surface area (Å²) < 4.78 is 2.11. The second-order valence-electron chi connectivity index (χ2n) is 3.41. The molecule has 1 aromatic carbocycles. The maximum Gasteiger partial charge on any atom is 0.0714 e. The molecule has 2 N–H and O–H groups in total. The van der Waals surface area contributed by atoms with Crippen molar-refractivity contribution in [3.63, 3.8) is 0 Å². The lowest BCUT2D eigenvalue weighted by Crippen LogP contribution is -1.93. The second kappa shape index (κ2) is 3.21. The van der Waals surface area contributed by atoms with Gasteiger partial charge in [-0.2, -0.15) is 0 Å².